The summed E-state index contributed by atoms with van der Waals surface area (Å²) in [4.78, 5) is 22.8. The zero-order valence-corrected chi connectivity index (χ0v) is 11.7. The third-order valence-electron chi connectivity index (χ3n) is 2.20. The lowest BCUT2D eigenvalue weighted by atomic mass is 10.1. The van der Waals surface area contributed by atoms with Gasteiger partial charge in [-0.2, -0.15) is 0 Å². The van der Waals surface area contributed by atoms with E-state index in [9.17, 15) is 9.59 Å². The van der Waals surface area contributed by atoms with E-state index in [2.05, 4.69) is 27.2 Å². The zero-order chi connectivity index (χ0) is 13.7. The Morgan fingerprint density at radius 3 is 2.61 bits per heavy atom. The number of allylic oxidation sites excluding steroid dienone is 1. The van der Waals surface area contributed by atoms with E-state index in [1.807, 2.05) is 0 Å². The maximum Gasteiger partial charge on any atom is 0.341 e. The number of hydrogen-bond acceptors (Lipinski definition) is 4. The normalized spacial score (nSPS) is 9.72. The lowest BCUT2D eigenvalue weighted by molar-refractivity contribution is -0.131. The fourth-order valence-electron chi connectivity index (χ4n) is 1.47. The van der Waals surface area contributed by atoms with Crippen LogP contribution in [0.5, 0.6) is 5.75 Å². The first-order valence-electron chi connectivity index (χ1n) is 5.20. The number of methoxy groups -OCH3 is 1. The van der Waals surface area contributed by atoms with Crippen molar-refractivity contribution in [2.24, 2.45) is 0 Å². The predicted molar refractivity (Wildman–Crippen MR) is 70.7 cm³/mol. The molecule has 0 N–H and O–H groups in total. The lowest BCUT2D eigenvalue weighted by Gasteiger charge is -2.13. The third-order valence-corrected chi connectivity index (χ3v) is 2.95. The Bertz CT molecular complexity index is 494. The zero-order valence-electron chi connectivity index (χ0n) is 10.2. The summed E-state index contributed by atoms with van der Waals surface area (Å²) in [7, 11) is 1.27. The van der Waals surface area contributed by atoms with Crippen LogP contribution in [0.2, 0.25) is 0 Å². The van der Waals surface area contributed by atoms with Crippen molar-refractivity contribution in [3.05, 3.63) is 40.4 Å². The minimum atomic E-state index is -0.552. The van der Waals surface area contributed by atoms with E-state index in [-0.39, 0.29) is 11.3 Å². The first-order chi connectivity index (χ1) is 8.51. The van der Waals surface area contributed by atoms with Crippen LogP contribution in [-0.2, 0) is 16.0 Å². The van der Waals surface area contributed by atoms with E-state index in [0.717, 1.165) is 4.47 Å². The Balaban J connectivity index is 3.42. The van der Waals surface area contributed by atoms with Crippen molar-refractivity contribution in [3.63, 3.8) is 0 Å². The van der Waals surface area contributed by atoms with Crippen molar-refractivity contribution >= 4 is 27.9 Å². The van der Waals surface area contributed by atoms with Crippen LogP contribution >= 0.6 is 15.9 Å². The molecule has 4 nitrogen and oxygen atoms in total. The van der Waals surface area contributed by atoms with Gasteiger partial charge in [0.25, 0.3) is 0 Å². The van der Waals surface area contributed by atoms with E-state index in [0.29, 0.717) is 12.0 Å². The lowest BCUT2D eigenvalue weighted by Crippen LogP contribution is -2.11. The summed E-state index contributed by atoms with van der Waals surface area (Å²) in [6.45, 7) is 4.91. The molecular weight excluding hydrogens is 300 g/mol. The number of rotatable bonds is 4. The van der Waals surface area contributed by atoms with E-state index >= 15 is 0 Å². The van der Waals surface area contributed by atoms with Crippen molar-refractivity contribution < 1.29 is 19.1 Å². The topological polar surface area (TPSA) is 52.6 Å². The van der Waals surface area contributed by atoms with Gasteiger partial charge in [0.2, 0.25) is 0 Å². The summed E-state index contributed by atoms with van der Waals surface area (Å²) in [6, 6.07) is 3.25. The second-order valence-corrected chi connectivity index (χ2v) is 4.33. The summed E-state index contributed by atoms with van der Waals surface area (Å²) in [5.74, 6) is -0.837. The van der Waals surface area contributed by atoms with Gasteiger partial charge in [-0.05, 0) is 18.6 Å². The molecular formula is C13H13BrO4. The monoisotopic (exact) mass is 312 g/mol. The van der Waals surface area contributed by atoms with Crippen LogP contribution in [0.3, 0.4) is 0 Å². The molecule has 0 saturated carbocycles. The Morgan fingerprint density at radius 2 is 2.11 bits per heavy atom. The van der Waals surface area contributed by atoms with Gasteiger partial charge in [0.1, 0.15) is 11.3 Å². The van der Waals surface area contributed by atoms with Gasteiger partial charge in [-0.15, -0.1) is 6.58 Å². The van der Waals surface area contributed by atoms with E-state index in [1.165, 1.54) is 14.0 Å². The van der Waals surface area contributed by atoms with Gasteiger partial charge in [0, 0.05) is 17.0 Å². The molecule has 5 heteroatoms. The fraction of sp³-hybridized carbons (Fsp3) is 0.231. The van der Waals surface area contributed by atoms with E-state index in [1.54, 1.807) is 18.2 Å². The van der Waals surface area contributed by atoms with Crippen LogP contribution in [0.15, 0.2) is 29.3 Å². The summed E-state index contributed by atoms with van der Waals surface area (Å²) < 4.78 is 10.5. The minimum absolute atomic E-state index is 0.212. The Hall–Kier alpha value is -1.62. The molecule has 0 fully saturated rings. The van der Waals surface area contributed by atoms with Crippen molar-refractivity contribution in [3.8, 4) is 5.75 Å². The van der Waals surface area contributed by atoms with Gasteiger partial charge in [-0.25, -0.2) is 4.79 Å². The number of halogens is 1. The summed E-state index contributed by atoms with van der Waals surface area (Å²) in [5.41, 5.74) is 0.899. The summed E-state index contributed by atoms with van der Waals surface area (Å²) >= 11 is 3.35. The molecule has 0 aliphatic carbocycles. The molecule has 0 amide bonds. The number of carbonyl (C=O) groups excluding carboxylic acids is 2. The summed E-state index contributed by atoms with van der Waals surface area (Å²) in [6.07, 6.45) is 2.13. The highest BCUT2D eigenvalue weighted by molar-refractivity contribution is 9.10. The van der Waals surface area contributed by atoms with Crippen molar-refractivity contribution in [1.82, 2.24) is 0 Å². The fourth-order valence-corrected chi connectivity index (χ4v) is 1.94. The van der Waals surface area contributed by atoms with Crippen LogP contribution in [0.4, 0.5) is 0 Å². The van der Waals surface area contributed by atoms with Gasteiger partial charge in [0.05, 0.1) is 7.11 Å². The highest BCUT2D eigenvalue weighted by Crippen LogP contribution is 2.32. The molecule has 0 spiro atoms. The van der Waals surface area contributed by atoms with Crippen LogP contribution < -0.4 is 4.74 Å². The molecule has 0 aliphatic rings. The molecule has 0 aromatic heterocycles. The number of esters is 2. The molecule has 0 heterocycles. The number of carbonyl (C=O) groups is 2. The highest BCUT2D eigenvalue weighted by Gasteiger charge is 2.20. The number of hydrogen-bond donors (Lipinski definition) is 0. The molecule has 18 heavy (non-hydrogen) atoms. The van der Waals surface area contributed by atoms with Crippen LogP contribution in [0.25, 0.3) is 0 Å². The molecule has 0 unspecified atom stereocenters. The van der Waals surface area contributed by atoms with Crippen molar-refractivity contribution in [2.75, 3.05) is 7.11 Å². The standard InChI is InChI=1S/C13H13BrO4/c1-4-5-9-11(14)7-6-10(13(16)17-3)12(9)18-8(2)15/h4,6-7H,1,5H2,2-3H3. The maximum absolute atomic E-state index is 11.6. The minimum Gasteiger partial charge on any atom is -0.465 e. The van der Waals surface area contributed by atoms with Crippen LogP contribution in [-0.4, -0.2) is 19.0 Å². The van der Waals surface area contributed by atoms with Gasteiger partial charge < -0.3 is 9.47 Å². The third kappa shape index (κ3) is 3.20. The van der Waals surface area contributed by atoms with Crippen LogP contribution in [0, 0.1) is 0 Å². The van der Waals surface area contributed by atoms with Crippen LogP contribution in [0.1, 0.15) is 22.8 Å². The first kappa shape index (κ1) is 14.4. The second kappa shape index (κ2) is 6.35. The highest BCUT2D eigenvalue weighted by atomic mass is 79.9. The average Bonchev–Trinajstić information content (AvgIpc) is 2.32. The van der Waals surface area contributed by atoms with Gasteiger partial charge in [-0.3, -0.25) is 4.79 Å². The van der Waals surface area contributed by atoms with Gasteiger partial charge in [0.15, 0.2) is 0 Å². The molecule has 0 atom stereocenters. The molecule has 1 rings (SSSR count). The largest absolute Gasteiger partial charge is 0.465 e. The van der Waals surface area contributed by atoms with Gasteiger partial charge in [-0.1, -0.05) is 22.0 Å². The Morgan fingerprint density at radius 1 is 1.44 bits per heavy atom. The van der Waals surface area contributed by atoms with Crippen molar-refractivity contribution in [2.45, 2.75) is 13.3 Å². The average molecular weight is 313 g/mol. The van der Waals surface area contributed by atoms with E-state index in [4.69, 9.17) is 4.74 Å². The molecule has 0 bridgehead atoms. The maximum atomic E-state index is 11.6. The molecule has 1 aromatic rings. The predicted octanol–water partition coefficient (Wildman–Crippen LogP) is 2.89. The SMILES string of the molecule is C=CCc1c(Br)ccc(C(=O)OC)c1OC(C)=O. The number of benzene rings is 1. The van der Waals surface area contributed by atoms with E-state index < -0.39 is 11.9 Å². The molecule has 1 aromatic carbocycles. The van der Waals surface area contributed by atoms with Gasteiger partial charge >= 0.3 is 11.9 Å². The first-order valence-corrected chi connectivity index (χ1v) is 5.99. The summed E-state index contributed by atoms with van der Waals surface area (Å²) in [5, 5.41) is 0. The Kier molecular flexibility index (Phi) is 5.09. The Labute approximate surface area is 114 Å². The molecule has 0 aliphatic heterocycles. The quantitative estimate of drug-likeness (QED) is 0.487. The molecule has 0 saturated heterocycles. The molecule has 0 radical (unpaired) electrons. The second-order valence-electron chi connectivity index (χ2n) is 3.48. The number of ether oxygens (including phenoxy) is 2. The van der Waals surface area contributed by atoms with Crippen molar-refractivity contribution in [1.29, 1.82) is 0 Å². The molecule has 96 valence electrons. The smallest absolute Gasteiger partial charge is 0.341 e.